The Bertz CT molecular complexity index is 263. The van der Waals surface area contributed by atoms with Gasteiger partial charge in [-0.1, -0.05) is 6.92 Å². The summed E-state index contributed by atoms with van der Waals surface area (Å²) in [6.45, 7) is 10.2. The molecule has 1 fully saturated rings. The molecule has 1 saturated heterocycles. The molecule has 0 atom stereocenters. The van der Waals surface area contributed by atoms with Crippen LogP contribution in [0.4, 0.5) is 4.79 Å². The van der Waals surface area contributed by atoms with E-state index < -0.39 is 5.60 Å². The minimum atomic E-state index is -0.408. The van der Waals surface area contributed by atoms with Crippen LogP contribution < -0.4 is 5.73 Å². The van der Waals surface area contributed by atoms with Gasteiger partial charge in [0.15, 0.2) is 0 Å². The molecule has 100 valence electrons. The van der Waals surface area contributed by atoms with Crippen LogP contribution in [0.3, 0.4) is 0 Å². The van der Waals surface area contributed by atoms with E-state index >= 15 is 0 Å². The van der Waals surface area contributed by atoms with Crippen molar-refractivity contribution in [1.29, 1.82) is 0 Å². The van der Waals surface area contributed by atoms with E-state index in [1.807, 2.05) is 25.7 Å². The molecule has 0 aromatic rings. The lowest BCUT2D eigenvalue weighted by atomic mass is 9.78. The van der Waals surface area contributed by atoms with E-state index in [4.69, 9.17) is 10.5 Å². The monoisotopic (exact) mass is 242 g/mol. The maximum atomic E-state index is 11.9. The van der Waals surface area contributed by atoms with Gasteiger partial charge < -0.3 is 15.4 Å². The van der Waals surface area contributed by atoms with Crippen LogP contribution in [-0.4, -0.2) is 36.2 Å². The van der Waals surface area contributed by atoms with Gasteiger partial charge in [-0.3, -0.25) is 0 Å². The molecule has 0 unspecified atom stereocenters. The van der Waals surface area contributed by atoms with Crippen LogP contribution in [0.5, 0.6) is 0 Å². The quantitative estimate of drug-likeness (QED) is 0.808. The van der Waals surface area contributed by atoms with Crippen molar-refractivity contribution in [2.24, 2.45) is 11.1 Å². The first-order chi connectivity index (χ1) is 7.76. The number of ether oxygens (including phenoxy) is 1. The molecule has 1 aliphatic rings. The fourth-order valence-electron chi connectivity index (χ4n) is 2.15. The maximum absolute atomic E-state index is 11.9. The van der Waals surface area contributed by atoms with Crippen LogP contribution in [-0.2, 0) is 4.74 Å². The normalized spacial score (nSPS) is 20.2. The van der Waals surface area contributed by atoms with Crippen molar-refractivity contribution < 1.29 is 9.53 Å². The van der Waals surface area contributed by atoms with Gasteiger partial charge in [-0.25, -0.2) is 4.79 Å². The molecule has 4 heteroatoms. The van der Waals surface area contributed by atoms with Crippen LogP contribution in [0.25, 0.3) is 0 Å². The average molecular weight is 242 g/mol. The Morgan fingerprint density at radius 1 is 1.35 bits per heavy atom. The minimum absolute atomic E-state index is 0.188. The van der Waals surface area contributed by atoms with Gasteiger partial charge in [-0.05, 0) is 52.0 Å². The standard InChI is InChI=1S/C13H26N2O2/c1-12(2,3)17-11(16)15-9-6-13(4,5-8-14)7-10-15/h5-10,14H2,1-4H3. The summed E-state index contributed by atoms with van der Waals surface area (Å²) in [6.07, 6.45) is 2.88. The molecule has 0 spiro atoms. The predicted octanol–water partition coefficient (Wildman–Crippen LogP) is 2.37. The fourth-order valence-corrected chi connectivity index (χ4v) is 2.15. The lowest BCUT2D eigenvalue weighted by Crippen LogP contribution is -2.44. The molecule has 1 aliphatic heterocycles. The number of piperidine rings is 1. The molecule has 0 aromatic carbocycles. The van der Waals surface area contributed by atoms with E-state index in [1.54, 1.807) is 0 Å². The first-order valence-corrected chi connectivity index (χ1v) is 6.44. The summed E-state index contributed by atoms with van der Waals surface area (Å²) in [5.41, 5.74) is 5.51. The molecule has 0 saturated carbocycles. The Kier molecular flexibility index (Phi) is 4.42. The van der Waals surface area contributed by atoms with Gasteiger partial charge in [0.05, 0.1) is 0 Å². The summed E-state index contributed by atoms with van der Waals surface area (Å²) in [5.74, 6) is 0. The highest BCUT2D eigenvalue weighted by Gasteiger charge is 2.32. The first kappa shape index (κ1) is 14.3. The van der Waals surface area contributed by atoms with Crippen molar-refractivity contribution in [3.05, 3.63) is 0 Å². The van der Waals surface area contributed by atoms with Gasteiger partial charge in [-0.2, -0.15) is 0 Å². The average Bonchev–Trinajstić information content (AvgIpc) is 2.15. The zero-order valence-corrected chi connectivity index (χ0v) is 11.6. The smallest absolute Gasteiger partial charge is 0.410 e. The number of carbonyl (C=O) groups excluding carboxylic acids is 1. The largest absolute Gasteiger partial charge is 0.444 e. The van der Waals surface area contributed by atoms with E-state index in [0.717, 1.165) is 38.9 Å². The highest BCUT2D eigenvalue weighted by atomic mass is 16.6. The second-order valence-electron chi connectivity index (χ2n) is 6.32. The SMILES string of the molecule is CC1(CCN)CCN(C(=O)OC(C)(C)C)CC1. The van der Waals surface area contributed by atoms with Crippen LogP contribution in [0, 0.1) is 5.41 Å². The van der Waals surface area contributed by atoms with E-state index in [2.05, 4.69) is 6.92 Å². The molecular formula is C13H26N2O2. The molecule has 1 rings (SSSR count). The highest BCUT2D eigenvalue weighted by molar-refractivity contribution is 5.68. The molecular weight excluding hydrogens is 216 g/mol. The van der Waals surface area contributed by atoms with Crippen LogP contribution in [0.15, 0.2) is 0 Å². The van der Waals surface area contributed by atoms with Crippen LogP contribution in [0.1, 0.15) is 47.0 Å². The molecule has 0 radical (unpaired) electrons. The number of nitrogens with zero attached hydrogens (tertiary/aromatic N) is 1. The Labute approximate surface area is 104 Å². The van der Waals surface area contributed by atoms with E-state index in [-0.39, 0.29) is 6.09 Å². The number of hydrogen-bond donors (Lipinski definition) is 1. The van der Waals surface area contributed by atoms with Crippen molar-refractivity contribution in [1.82, 2.24) is 4.90 Å². The fraction of sp³-hybridized carbons (Fsp3) is 0.923. The number of carbonyl (C=O) groups is 1. The Hall–Kier alpha value is -0.770. The third-order valence-electron chi connectivity index (χ3n) is 3.37. The molecule has 1 amide bonds. The summed E-state index contributed by atoms with van der Waals surface area (Å²) in [7, 11) is 0. The third kappa shape index (κ3) is 4.54. The molecule has 1 heterocycles. The maximum Gasteiger partial charge on any atom is 0.410 e. The van der Waals surface area contributed by atoms with Crippen molar-refractivity contribution in [3.63, 3.8) is 0 Å². The summed E-state index contributed by atoms with van der Waals surface area (Å²) >= 11 is 0. The van der Waals surface area contributed by atoms with Crippen molar-refractivity contribution in [2.45, 2.75) is 52.6 Å². The molecule has 4 nitrogen and oxygen atoms in total. The van der Waals surface area contributed by atoms with Crippen molar-refractivity contribution >= 4 is 6.09 Å². The van der Waals surface area contributed by atoms with Gasteiger partial charge in [0.25, 0.3) is 0 Å². The Balaban J connectivity index is 2.44. The highest BCUT2D eigenvalue weighted by Crippen LogP contribution is 2.34. The summed E-state index contributed by atoms with van der Waals surface area (Å²) in [6, 6.07) is 0. The van der Waals surface area contributed by atoms with E-state index in [1.165, 1.54) is 0 Å². The van der Waals surface area contributed by atoms with Gasteiger partial charge in [0.2, 0.25) is 0 Å². The van der Waals surface area contributed by atoms with Crippen molar-refractivity contribution in [3.8, 4) is 0 Å². The van der Waals surface area contributed by atoms with E-state index in [0.29, 0.717) is 5.41 Å². The molecule has 0 aromatic heterocycles. The number of likely N-dealkylation sites (tertiary alicyclic amines) is 1. The second-order valence-corrected chi connectivity index (χ2v) is 6.32. The predicted molar refractivity (Wildman–Crippen MR) is 68.8 cm³/mol. The third-order valence-corrected chi connectivity index (χ3v) is 3.37. The number of amides is 1. The molecule has 0 aliphatic carbocycles. The van der Waals surface area contributed by atoms with Crippen LogP contribution >= 0.6 is 0 Å². The van der Waals surface area contributed by atoms with Gasteiger partial charge in [-0.15, -0.1) is 0 Å². The van der Waals surface area contributed by atoms with Crippen LogP contribution in [0.2, 0.25) is 0 Å². The summed E-state index contributed by atoms with van der Waals surface area (Å²) < 4.78 is 5.37. The number of nitrogens with two attached hydrogens (primary N) is 1. The van der Waals surface area contributed by atoms with Crippen molar-refractivity contribution in [2.75, 3.05) is 19.6 Å². The minimum Gasteiger partial charge on any atom is -0.444 e. The van der Waals surface area contributed by atoms with Gasteiger partial charge in [0, 0.05) is 13.1 Å². The number of rotatable bonds is 2. The Morgan fingerprint density at radius 3 is 2.29 bits per heavy atom. The Morgan fingerprint density at radius 2 is 1.88 bits per heavy atom. The van der Waals surface area contributed by atoms with E-state index in [9.17, 15) is 4.79 Å². The van der Waals surface area contributed by atoms with Gasteiger partial charge in [0.1, 0.15) is 5.60 Å². The summed E-state index contributed by atoms with van der Waals surface area (Å²) in [5, 5.41) is 0. The molecule has 17 heavy (non-hydrogen) atoms. The van der Waals surface area contributed by atoms with Gasteiger partial charge >= 0.3 is 6.09 Å². The molecule has 2 N–H and O–H groups in total. The molecule has 0 bridgehead atoms. The lowest BCUT2D eigenvalue weighted by molar-refractivity contribution is 0.0113. The zero-order valence-electron chi connectivity index (χ0n) is 11.6. The lowest BCUT2D eigenvalue weighted by Gasteiger charge is -2.39. The number of hydrogen-bond acceptors (Lipinski definition) is 3. The summed E-state index contributed by atoms with van der Waals surface area (Å²) in [4.78, 5) is 13.7. The first-order valence-electron chi connectivity index (χ1n) is 6.44. The second kappa shape index (κ2) is 5.25. The zero-order chi connectivity index (χ0) is 13.1. The topological polar surface area (TPSA) is 55.6 Å².